The predicted molar refractivity (Wildman–Crippen MR) is 54.7 cm³/mol. The molecule has 0 atom stereocenters. The molecule has 0 heterocycles. The van der Waals surface area contributed by atoms with Gasteiger partial charge in [0.1, 0.15) is 0 Å². The summed E-state index contributed by atoms with van der Waals surface area (Å²) in [6.45, 7) is 11.2. The van der Waals surface area contributed by atoms with E-state index < -0.39 is 13.3 Å². The molecule has 0 spiro atoms. The molecule has 0 aliphatic heterocycles. The maximum absolute atomic E-state index is 11.3. The SMILES string of the molecule is CC(C)(C)C(C(C)(C)C)P(=O)(O)O. The third kappa shape index (κ3) is 3.80. The van der Waals surface area contributed by atoms with E-state index >= 15 is 0 Å². The monoisotopic (exact) mass is 208 g/mol. The van der Waals surface area contributed by atoms with Gasteiger partial charge < -0.3 is 9.79 Å². The van der Waals surface area contributed by atoms with Crippen molar-refractivity contribution in [1.82, 2.24) is 0 Å². The molecule has 0 aliphatic carbocycles. The summed E-state index contributed by atoms with van der Waals surface area (Å²) in [4.78, 5) is 18.5. The van der Waals surface area contributed by atoms with Crippen LogP contribution in [0.4, 0.5) is 0 Å². The van der Waals surface area contributed by atoms with Crippen molar-refractivity contribution in [2.75, 3.05) is 0 Å². The van der Waals surface area contributed by atoms with Gasteiger partial charge in [0.2, 0.25) is 0 Å². The van der Waals surface area contributed by atoms with Crippen LogP contribution in [0.5, 0.6) is 0 Å². The highest BCUT2D eigenvalue weighted by atomic mass is 31.2. The fraction of sp³-hybridized carbons (Fsp3) is 1.00. The fourth-order valence-corrected chi connectivity index (χ4v) is 4.33. The average Bonchev–Trinajstić information content (AvgIpc) is 1.44. The van der Waals surface area contributed by atoms with Gasteiger partial charge in [-0.2, -0.15) is 0 Å². The van der Waals surface area contributed by atoms with Gasteiger partial charge in [0, 0.05) is 0 Å². The zero-order chi connectivity index (χ0) is 11.1. The van der Waals surface area contributed by atoms with E-state index in [1.807, 2.05) is 41.5 Å². The van der Waals surface area contributed by atoms with Crippen molar-refractivity contribution in [2.45, 2.75) is 47.2 Å². The molecule has 0 radical (unpaired) electrons. The lowest BCUT2D eigenvalue weighted by molar-refractivity contribution is 0.199. The highest BCUT2D eigenvalue weighted by molar-refractivity contribution is 7.52. The van der Waals surface area contributed by atoms with Crippen LogP contribution in [-0.4, -0.2) is 15.4 Å². The standard InChI is InChI=1S/C9H21O3P/c1-8(2,3)7(9(4,5)6)13(10,11)12/h7H,1-6H3,(H2,10,11,12). The van der Waals surface area contributed by atoms with Crippen molar-refractivity contribution in [1.29, 1.82) is 0 Å². The topological polar surface area (TPSA) is 57.5 Å². The van der Waals surface area contributed by atoms with Crippen LogP contribution in [0, 0.1) is 10.8 Å². The Balaban J connectivity index is 5.15. The maximum Gasteiger partial charge on any atom is 0.329 e. The van der Waals surface area contributed by atoms with Crippen molar-refractivity contribution >= 4 is 7.60 Å². The van der Waals surface area contributed by atoms with Gasteiger partial charge in [-0.3, -0.25) is 4.57 Å². The Morgan fingerprint density at radius 1 is 0.923 bits per heavy atom. The van der Waals surface area contributed by atoms with Crippen LogP contribution in [0.3, 0.4) is 0 Å². The predicted octanol–water partition coefficient (Wildman–Crippen LogP) is 2.62. The maximum atomic E-state index is 11.3. The number of rotatable bonds is 1. The zero-order valence-corrected chi connectivity index (χ0v) is 10.2. The van der Waals surface area contributed by atoms with Crippen LogP contribution >= 0.6 is 7.60 Å². The third-order valence-corrected chi connectivity index (χ3v) is 4.20. The molecule has 0 rings (SSSR count). The lowest BCUT2D eigenvalue weighted by atomic mass is 9.77. The van der Waals surface area contributed by atoms with Crippen molar-refractivity contribution in [3.8, 4) is 0 Å². The average molecular weight is 208 g/mol. The molecule has 4 heteroatoms. The second-order valence-corrected chi connectivity index (χ2v) is 7.42. The Hall–Kier alpha value is 0.150. The van der Waals surface area contributed by atoms with Gasteiger partial charge in [-0.15, -0.1) is 0 Å². The van der Waals surface area contributed by atoms with E-state index in [4.69, 9.17) is 0 Å². The van der Waals surface area contributed by atoms with Crippen LogP contribution in [-0.2, 0) is 4.57 Å². The summed E-state index contributed by atoms with van der Waals surface area (Å²) in [7, 11) is -4.02. The smallest absolute Gasteiger partial charge is 0.324 e. The molecular weight excluding hydrogens is 187 g/mol. The van der Waals surface area contributed by atoms with Gasteiger partial charge >= 0.3 is 7.60 Å². The van der Waals surface area contributed by atoms with Gasteiger partial charge in [-0.25, -0.2) is 0 Å². The first-order valence-electron chi connectivity index (χ1n) is 4.42. The molecule has 0 fully saturated rings. The highest BCUT2D eigenvalue weighted by Gasteiger charge is 2.46. The van der Waals surface area contributed by atoms with Crippen LogP contribution in [0.2, 0.25) is 0 Å². The minimum Gasteiger partial charge on any atom is -0.324 e. The molecule has 13 heavy (non-hydrogen) atoms. The summed E-state index contributed by atoms with van der Waals surface area (Å²) >= 11 is 0. The molecule has 0 unspecified atom stereocenters. The second-order valence-electron chi connectivity index (χ2n) is 5.72. The van der Waals surface area contributed by atoms with Crippen molar-refractivity contribution < 1.29 is 14.4 Å². The molecule has 80 valence electrons. The first kappa shape index (κ1) is 13.2. The van der Waals surface area contributed by atoms with E-state index in [9.17, 15) is 14.4 Å². The summed E-state index contributed by atoms with van der Waals surface area (Å²) in [5.74, 6) is 0. The van der Waals surface area contributed by atoms with E-state index in [0.717, 1.165) is 0 Å². The molecule has 0 bridgehead atoms. The third-order valence-electron chi connectivity index (χ3n) is 1.98. The molecule has 0 amide bonds. The van der Waals surface area contributed by atoms with Crippen LogP contribution < -0.4 is 0 Å². The van der Waals surface area contributed by atoms with E-state index in [0.29, 0.717) is 0 Å². The van der Waals surface area contributed by atoms with E-state index in [2.05, 4.69) is 0 Å². The molecule has 0 aromatic heterocycles. The molecule has 0 aromatic carbocycles. The summed E-state index contributed by atoms with van der Waals surface area (Å²) in [6, 6.07) is 0. The molecule has 3 nitrogen and oxygen atoms in total. The van der Waals surface area contributed by atoms with Gasteiger partial charge in [-0.05, 0) is 10.8 Å². The van der Waals surface area contributed by atoms with Gasteiger partial charge in [0.05, 0.1) is 5.66 Å². The Labute approximate surface area is 80.7 Å². The lowest BCUT2D eigenvalue weighted by Gasteiger charge is -2.40. The molecule has 0 saturated carbocycles. The minimum absolute atomic E-state index is 0.378. The first-order valence-corrected chi connectivity index (χ1v) is 6.10. The largest absolute Gasteiger partial charge is 0.329 e. The van der Waals surface area contributed by atoms with E-state index in [1.165, 1.54) is 0 Å². The van der Waals surface area contributed by atoms with Crippen LogP contribution in [0.25, 0.3) is 0 Å². The van der Waals surface area contributed by atoms with Gasteiger partial charge in [0.15, 0.2) is 0 Å². The minimum atomic E-state index is -4.02. The molecule has 0 aliphatic rings. The first-order chi connectivity index (χ1) is 5.37. The van der Waals surface area contributed by atoms with Crippen LogP contribution in [0.1, 0.15) is 41.5 Å². The highest BCUT2D eigenvalue weighted by Crippen LogP contribution is 2.56. The van der Waals surface area contributed by atoms with Crippen molar-refractivity contribution in [2.24, 2.45) is 10.8 Å². The lowest BCUT2D eigenvalue weighted by Crippen LogP contribution is -2.37. The number of hydrogen-bond acceptors (Lipinski definition) is 1. The molecule has 0 saturated heterocycles. The van der Waals surface area contributed by atoms with Gasteiger partial charge in [0.25, 0.3) is 0 Å². The number of hydrogen-bond donors (Lipinski definition) is 2. The molecule has 0 aromatic rings. The van der Waals surface area contributed by atoms with Crippen LogP contribution in [0.15, 0.2) is 0 Å². The van der Waals surface area contributed by atoms with Crippen molar-refractivity contribution in [3.63, 3.8) is 0 Å². The molecule has 2 N–H and O–H groups in total. The van der Waals surface area contributed by atoms with Gasteiger partial charge in [-0.1, -0.05) is 41.5 Å². The summed E-state index contributed by atoms with van der Waals surface area (Å²) in [6.07, 6.45) is 0. The normalized spacial score (nSPS) is 15.2. The van der Waals surface area contributed by atoms with E-state index in [-0.39, 0.29) is 10.8 Å². The van der Waals surface area contributed by atoms with Crippen molar-refractivity contribution in [3.05, 3.63) is 0 Å². The quantitative estimate of drug-likeness (QED) is 0.651. The van der Waals surface area contributed by atoms with E-state index in [1.54, 1.807) is 0 Å². The summed E-state index contributed by atoms with van der Waals surface area (Å²) < 4.78 is 11.3. The fourth-order valence-electron chi connectivity index (χ4n) is 2.31. The summed E-state index contributed by atoms with van der Waals surface area (Å²) in [5.41, 5.74) is -1.36. The molecular formula is C9H21O3P. The Morgan fingerprint density at radius 2 is 1.15 bits per heavy atom. The second kappa shape index (κ2) is 3.38. The summed E-state index contributed by atoms with van der Waals surface area (Å²) in [5, 5.41) is 0. The Morgan fingerprint density at radius 3 is 1.15 bits per heavy atom. The Bertz CT molecular complexity index is 202. The zero-order valence-electron chi connectivity index (χ0n) is 9.33. The Kier molecular flexibility index (Phi) is 3.42.